The highest BCUT2D eigenvalue weighted by Gasteiger charge is 2.26. The number of carbonyl (C=O) groups is 1. The first kappa shape index (κ1) is 22.6. The van der Waals surface area contributed by atoms with E-state index in [0.717, 1.165) is 5.56 Å². The summed E-state index contributed by atoms with van der Waals surface area (Å²) < 4.78 is 43.1. The van der Waals surface area contributed by atoms with Crippen molar-refractivity contribution in [2.75, 3.05) is 26.3 Å². The number of rotatable bonds is 7. The molecule has 7 nitrogen and oxygen atoms in total. The van der Waals surface area contributed by atoms with Gasteiger partial charge in [-0.05, 0) is 55.3 Å². The second kappa shape index (κ2) is 9.78. The highest BCUT2D eigenvalue weighted by Crippen LogP contribution is 2.23. The van der Waals surface area contributed by atoms with Crippen LogP contribution in [0.2, 0.25) is 5.02 Å². The predicted octanol–water partition coefficient (Wildman–Crippen LogP) is 3.18. The summed E-state index contributed by atoms with van der Waals surface area (Å²) in [7, 11) is -3.61. The minimum absolute atomic E-state index is 0.0569. The Hall–Kier alpha value is -2.13. The number of hydrogen-bond donors (Lipinski definition) is 0. The van der Waals surface area contributed by atoms with Crippen molar-refractivity contribution in [3.05, 3.63) is 58.6 Å². The molecule has 0 spiro atoms. The van der Waals surface area contributed by atoms with E-state index in [2.05, 4.69) is 0 Å². The van der Waals surface area contributed by atoms with Crippen molar-refractivity contribution in [3.63, 3.8) is 0 Å². The number of ether oxygens (including phenoxy) is 3. The van der Waals surface area contributed by atoms with Crippen LogP contribution in [0.3, 0.4) is 0 Å². The molecule has 1 aliphatic heterocycles. The van der Waals surface area contributed by atoms with Crippen molar-refractivity contribution in [3.8, 4) is 5.75 Å². The van der Waals surface area contributed by atoms with Crippen LogP contribution in [-0.2, 0) is 30.9 Å². The number of halogens is 1. The average molecular weight is 454 g/mol. The molecular formula is C21H24ClNO6S. The maximum atomic E-state index is 12.8. The molecular weight excluding hydrogens is 430 g/mol. The number of hydrogen-bond acceptors (Lipinski definition) is 6. The molecule has 2 aromatic rings. The Morgan fingerprint density at radius 3 is 2.63 bits per heavy atom. The second-order valence-corrected chi connectivity index (χ2v) is 9.32. The van der Waals surface area contributed by atoms with E-state index in [4.69, 9.17) is 25.8 Å². The number of nitrogens with zero attached hydrogens (tertiary/aromatic N) is 1. The predicted molar refractivity (Wildman–Crippen MR) is 112 cm³/mol. The van der Waals surface area contributed by atoms with E-state index in [0.29, 0.717) is 42.6 Å². The number of morpholine rings is 1. The standard InChI is InChI=1S/C21H24ClNO6S/c1-15-12-18(22)6-7-20(15)29-16(2)21(24)28-14-17-4-3-5-19(13-17)30(25,26)23-8-10-27-11-9-23/h3-7,12-13,16H,8-11,14H2,1-2H3. The molecule has 1 atom stereocenters. The Morgan fingerprint density at radius 2 is 1.93 bits per heavy atom. The van der Waals surface area contributed by atoms with Crippen LogP contribution < -0.4 is 4.74 Å². The Balaban J connectivity index is 1.61. The van der Waals surface area contributed by atoms with Crippen LogP contribution in [0, 0.1) is 6.92 Å². The minimum Gasteiger partial charge on any atom is -0.479 e. The molecule has 0 saturated carbocycles. The van der Waals surface area contributed by atoms with Gasteiger partial charge in [-0.15, -0.1) is 0 Å². The Bertz CT molecular complexity index is 1000. The normalized spacial score (nSPS) is 16.1. The fourth-order valence-corrected chi connectivity index (χ4v) is 4.69. The summed E-state index contributed by atoms with van der Waals surface area (Å²) in [6, 6.07) is 11.5. The summed E-state index contributed by atoms with van der Waals surface area (Å²) >= 11 is 5.93. The summed E-state index contributed by atoms with van der Waals surface area (Å²) in [4.78, 5) is 12.5. The second-order valence-electron chi connectivity index (χ2n) is 6.94. The SMILES string of the molecule is Cc1cc(Cl)ccc1OC(C)C(=O)OCc1cccc(S(=O)(=O)N2CCOCC2)c1. The van der Waals surface area contributed by atoms with E-state index in [1.807, 2.05) is 6.92 Å². The van der Waals surface area contributed by atoms with E-state index < -0.39 is 22.1 Å². The number of sulfonamides is 1. The van der Waals surface area contributed by atoms with E-state index in [1.165, 1.54) is 16.4 Å². The van der Waals surface area contributed by atoms with Gasteiger partial charge in [0.1, 0.15) is 12.4 Å². The van der Waals surface area contributed by atoms with Gasteiger partial charge >= 0.3 is 5.97 Å². The zero-order valence-electron chi connectivity index (χ0n) is 16.8. The van der Waals surface area contributed by atoms with Crippen LogP contribution in [0.25, 0.3) is 0 Å². The summed E-state index contributed by atoms with van der Waals surface area (Å²) in [6.07, 6.45) is -0.829. The molecule has 0 aromatic heterocycles. The lowest BCUT2D eigenvalue weighted by atomic mass is 10.2. The molecule has 3 rings (SSSR count). The highest BCUT2D eigenvalue weighted by molar-refractivity contribution is 7.89. The molecule has 0 aliphatic carbocycles. The van der Waals surface area contributed by atoms with Gasteiger partial charge in [0, 0.05) is 18.1 Å². The molecule has 0 bridgehead atoms. The lowest BCUT2D eigenvalue weighted by molar-refractivity contribution is -0.152. The number of aryl methyl sites for hydroxylation is 1. The third-order valence-corrected chi connectivity index (χ3v) is 6.79. The molecule has 1 fully saturated rings. The first-order valence-corrected chi connectivity index (χ1v) is 11.4. The molecule has 0 N–H and O–H groups in total. The van der Waals surface area contributed by atoms with Gasteiger partial charge in [-0.3, -0.25) is 0 Å². The first-order chi connectivity index (χ1) is 14.3. The Kier molecular flexibility index (Phi) is 7.36. The van der Waals surface area contributed by atoms with E-state index >= 15 is 0 Å². The molecule has 0 radical (unpaired) electrons. The quantitative estimate of drug-likeness (QED) is 0.599. The number of esters is 1. The molecule has 162 valence electrons. The average Bonchev–Trinajstić information content (AvgIpc) is 2.74. The topological polar surface area (TPSA) is 82.1 Å². The number of benzene rings is 2. The van der Waals surface area contributed by atoms with E-state index in [9.17, 15) is 13.2 Å². The lowest BCUT2D eigenvalue weighted by Gasteiger charge is -2.26. The third kappa shape index (κ3) is 5.51. The third-order valence-electron chi connectivity index (χ3n) is 4.66. The molecule has 1 unspecified atom stereocenters. The van der Waals surface area contributed by atoms with E-state index in [1.54, 1.807) is 37.3 Å². The minimum atomic E-state index is -3.61. The fourth-order valence-electron chi connectivity index (χ4n) is 2.99. The molecule has 30 heavy (non-hydrogen) atoms. The van der Waals surface area contributed by atoms with Crippen molar-refractivity contribution in [2.24, 2.45) is 0 Å². The first-order valence-electron chi connectivity index (χ1n) is 9.53. The zero-order valence-corrected chi connectivity index (χ0v) is 18.4. The van der Waals surface area contributed by atoms with Gasteiger partial charge in [0.05, 0.1) is 18.1 Å². The van der Waals surface area contributed by atoms with Gasteiger partial charge in [0.2, 0.25) is 10.0 Å². The lowest BCUT2D eigenvalue weighted by Crippen LogP contribution is -2.40. The summed E-state index contributed by atoms with van der Waals surface area (Å²) in [5.74, 6) is -0.00626. The van der Waals surface area contributed by atoms with Crippen molar-refractivity contribution >= 4 is 27.6 Å². The van der Waals surface area contributed by atoms with Crippen LogP contribution in [0.1, 0.15) is 18.1 Å². The van der Waals surface area contributed by atoms with E-state index in [-0.39, 0.29) is 11.5 Å². The molecule has 0 amide bonds. The van der Waals surface area contributed by atoms with Crippen LogP contribution >= 0.6 is 11.6 Å². The van der Waals surface area contributed by atoms with Crippen molar-refractivity contribution in [1.29, 1.82) is 0 Å². The largest absolute Gasteiger partial charge is 0.479 e. The fraction of sp³-hybridized carbons (Fsp3) is 0.381. The van der Waals surface area contributed by atoms with Gasteiger partial charge in [-0.25, -0.2) is 13.2 Å². The van der Waals surface area contributed by atoms with Crippen molar-refractivity contribution in [1.82, 2.24) is 4.31 Å². The number of carbonyl (C=O) groups excluding carboxylic acids is 1. The highest BCUT2D eigenvalue weighted by atomic mass is 35.5. The maximum absolute atomic E-state index is 12.8. The van der Waals surface area contributed by atoms with Crippen LogP contribution in [-0.4, -0.2) is 51.1 Å². The van der Waals surface area contributed by atoms with Gasteiger partial charge in [0.25, 0.3) is 0 Å². The van der Waals surface area contributed by atoms with Gasteiger partial charge in [-0.2, -0.15) is 4.31 Å². The van der Waals surface area contributed by atoms with Gasteiger partial charge in [-0.1, -0.05) is 23.7 Å². The maximum Gasteiger partial charge on any atom is 0.347 e. The van der Waals surface area contributed by atoms with Crippen LogP contribution in [0.5, 0.6) is 5.75 Å². The summed E-state index contributed by atoms with van der Waals surface area (Å²) in [5, 5.41) is 0.585. The van der Waals surface area contributed by atoms with Crippen LogP contribution in [0.4, 0.5) is 0 Å². The Morgan fingerprint density at radius 1 is 1.20 bits per heavy atom. The summed E-state index contributed by atoms with van der Waals surface area (Å²) in [5.41, 5.74) is 1.38. The Labute approximate surface area is 181 Å². The molecule has 1 aliphatic rings. The van der Waals surface area contributed by atoms with Crippen molar-refractivity contribution < 1.29 is 27.4 Å². The van der Waals surface area contributed by atoms with Crippen molar-refractivity contribution in [2.45, 2.75) is 31.5 Å². The zero-order chi connectivity index (χ0) is 21.7. The molecule has 1 heterocycles. The molecule has 2 aromatic carbocycles. The monoisotopic (exact) mass is 453 g/mol. The van der Waals surface area contributed by atoms with Gasteiger partial charge in [0.15, 0.2) is 6.10 Å². The smallest absolute Gasteiger partial charge is 0.347 e. The summed E-state index contributed by atoms with van der Waals surface area (Å²) in [6.45, 7) is 4.76. The molecule has 9 heteroatoms. The molecule has 1 saturated heterocycles. The van der Waals surface area contributed by atoms with Gasteiger partial charge < -0.3 is 14.2 Å². The van der Waals surface area contributed by atoms with Crippen LogP contribution in [0.15, 0.2) is 47.4 Å².